The lowest BCUT2D eigenvalue weighted by molar-refractivity contribution is 0.263. The van der Waals surface area contributed by atoms with E-state index in [0.29, 0.717) is 36.9 Å². The number of benzene rings is 2. The van der Waals surface area contributed by atoms with Gasteiger partial charge in [-0.2, -0.15) is 0 Å². The van der Waals surface area contributed by atoms with Gasteiger partial charge in [0.25, 0.3) is 0 Å². The molecule has 0 aliphatic rings. The Morgan fingerprint density at radius 2 is 1.72 bits per heavy atom. The van der Waals surface area contributed by atoms with Gasteiger partial charge in [-0.05, 0) is 42.2 Å². The molecule has 0 bridgehead atoms. The molecule has 148 valence electrons. The molecule has 5 nitrogen and oxygen atoms in total. The van der Waals surface area contributed by atoms with Crippen molar-refractivity contribution in [2.45, 2.75) is 39.4 Å². The molecule has 29 heavy (non-hydrogen) atoms. The Bertz CT molecular complexity index is 1060. The van der Waals surface area contributed by atoms with Crippen molar-refractivity contribution in [2.75, 3.05) is 0 Å². The van der Waals surface area contributed by atoms with Crippen LogP contribution in [0.25, 0.3) is 11.1 Å². The first-order valence-electron chi connectivity index (χ1n) is 9.90. The number of aliphatic hydroxyl groups excluding tert-OH is 1. The lowest BCUT2D eigenvalue weighted by Gasteiger charge is -2.14. The SMILES string of the molecule is CCc1cc(CCc2nc3ccccc3o2)c(OCc2ccccc2)nc1CO. The number of hydrogen-bond donors (Lipinski definition) is 1. The predicted octanol–water partition coefficient (Wildman–Crippen LogP) is 4.64. The molecule has 4 aromatic rings. The Labute approximate surface area is 170 Å². The summed E-state index contributed by atoms with van der Waals surface area (Å²) in [6.07, 6.45) is 2.15. The number of rotatable bonds is 8. The van der Waals surface area contributed by atoms with Gasteiger partial charge < -0.3 is 14.3 Å². The Morgan fingerprint density at radius 1 is 0.931 bits per heavy atom. The van der Waals surface area contributed by atoms with Gasteiger partial charge in [0.05, 0.1) is 12.3 Å². The predicted molar refractivity (Wildman–Crippen MR) is 112 cm³/mol. The summed E-state index contributed by atoms with van der Waals surface area (Å²) in [5.74, 6) is 1.26. The molecule has 0 spiro atoms. The van der Waals surface area contributed by atoms with Crippen molar-refractivity contribution < 1.29 is 14.3 Å². The molecule has 4 rings (SSSR count). The third-order valence-corrected chi connectivity index (χ3v) is 4.93. The lowest BCUT2D eigenvalue weighted by atomic mass is 10.0. The van der Waals surface area contributed by atoms with Gasteiger partial charge in [0, 0.05) is 12.0 Å². The van der Waals surface area contributed by atoms with Crippen molar-refractivity contribution in [1.29, 1.82) is 0 Å². The maximum Gasteiger partial charge on any atom is 0.217 e. The summed E-state index contributed by atoms with van der Waals surface area (Å²) in [6.45, 7) is 2.39. The number of pyridine rings is 1. The smallest absolute Gasteiger partial charge is 0.217 e. The highest BCUT2D eigenvalue weighted by Gasteiger charge is 2.14. The second-order valence-corrected chi connectivity index (χ2v) is 6.92. The molecule has 0 fully saturated rings. The molecule has 0 amide bonds. The van der Waals surface area contributed by atoms with E-state index in [1.54, 1.807) is 0 Å². The van der Waals surface area contributed by atoms with Gasteiger partial charge in [-0.25, -0.2) is 9.97 Å². The molecule has 2 heterocycles. The first-order valence-corrected chi connectivity index (χ1v) is 9.90. The Balaban J connectivity index is 1.57. The van der Waals surface area contributed by atoms with E-state index in [-0.39, 0.29) is 6.61 Å². The second kappa shape index (κ2) is 8.88. The summed E-state index contributed by atoms with van der Waals surface area (Å²) in [5.41, 5.74) is 5.44. The number of aliphatic hydroxyl groups is 1. The zero-order valence-electron chi connectivity index (χ0n) is 16.5. The van der Waals surface area contributed by atoms with Gasteiger partial charge in [-0.3, -0.25) is 0 Å². The van der Waals surface area contributed by atoms with E-state index in [2.05, 4.69) is 23.0 Å². The fraction of sp³-hybridized carbons (Fsp3) is 0.250. The normalized spacial score (nSPS) is 11.1. The van der Waals surface area contributed by atoms with Gasteiger partial charge in [-0.1, -0.05) is 49.4 Å². The van der Waals surface area contributed by atoms with E-state index in [1.807, 2.05) is 54.6 Å². The second-order valence-electron chi connectivity index (χ2n) is 6.92. The van der Waals surface area contributed by atoms with Crippen LogP contribution in [-0.4, -0.2) is 15.1 Å². The van der Waals surface area contributed by atoms with Crippen LogP contribution in [0.3, 0.4) is 0 Å². The quantitative estimate of drug-likeness (QED) is 0.476. The topological polar surface area (TPSA) is 68.4 Å². The molecule has 5 heteroatoms. The highest BCUT2D eigenvalue weighted by molar-refractivity contribution is 5.72. The van der Waals surface area contributed by atoms with Crippen LogP contribution >= 0.6 is 0 Å². The minimum Gasteiger partial charge on any atom is -0.473 e. The largest absolute Gasteiger partial charge is 0.473 e. The van der Waals surface area contributed by atoms with E-state index < -0.39 is 0 Å². The molecule has 2 aromatic heterocycles. The maximum atomic E-state index is 9.70. The van der Waals surface area contributed by atoms with Gasteiger partial charge >= 0.3 is 0 Å². The number of nitrogens with zero attached hydrogens (tertiary/aromatic N) is 2. The maximum absolute atomic E-state index is 9.70. The molecular weight excluding hydrogens is 364 g/mol. The number of aryl methyl sites for hydroxylation is 3. The molecular formula is C24H24N2O3. The van der Waals surface area contributed by atoms with Crippen LogP contribution in [-0.2, 0) is 32.5 Å². The fourth-order valence-corrected chi connectivity index (χ4v) is 3.36. The monoisotopic (exact) mass is 388 g/mol. The van der Waals surface area contributed by atoms with Crippen molar-refractivity contribution in [3.63, 3.8) is 0 Å². The zero-order chi connectivity index (χ0) is 20.1. The van der Waals surface area contributed by atoms with E-state index in [4.69, 9.17) is 9.15 Å². The van der Waals surface area contributed by atoms with Crippen molar-refractivity contribution in [2.24, 2.45) is 0 Å². The first kappa shape index (κ1) is 19.2. The van der Waals surface area contributed by atoms with E-state index in [1.165, 1.54) is 0 Å². The molecule has 1 N–H and O–H groups in total. The average Bonchev–Trinajstić information content (AvgIpc) is 3.19. The number of ether oxygens (including phenoxy) is 1. The highest BCUT2D eigenvalue weighted by Crippen LogP contribution is 2.24. The van der Waals surface area contributed by atoms with Gasteiger partial charge in [0.1, 0.15) is 12.1 Å². The van der Waals surface area contributed by atoms with Crippen molar-refractivity contribution in [1.82, 2.24) is 9.97 Å². The zero-order valence-corrected chi connectivity index (χ0v) is 16.5. The minimum absolute atomic E-state index is 0.101. The van der Waals surface area contributed by atoms with Crippen LogP contribution in [0.2, 0.25) is 0 Å². The Hall–Kier alpha value is -3.18. The number of aromatic nitrogens is 2. The fourth-order valence-electron chi connectivity index (χ4n) is 3.36. The van der Waals surface area contributed by atoms with E-state index >= 15 is 0 Å². The van der Waals surface area contributed by atoms with Crippen molar-refractivity contribution >= 4 is 11.1 Å². The molecule has 0 aliphatic carbocycles. The molecule has 2 aromatic carbocycles. The number of para-hydroxylation sites is 2. The number of oxazole rings is 1. The van der Waals surface area contributed by atoms with Crippen LogP contribution in [0.1, 0.15) is 35.2 Å². The average molecular weight is 388 g/mol. The summed E-state index contributed by atoms with van der Waals surface area (Å²) < 4.78 is 11.9. The summed E-state index contributed by atoms with van der Waals surface area (Å²) in [6, 6.07) is 19.8. The van der Waals surface area contributed by atoms with Crippen LogP contribution < -0.4 is 4.74 Å². The minimum atomic E-state index is -0.101. The van der Waals surface area contributed by atoms with Gasteiger partial charge in [-0.15, -0.1) is 0 Å². The van der Waals surface area contributed by atoms with E-state index in [9.17, 15) is 5.11 Å². The lowest BCUT2D eigenvalue weighted by Crippen LogP contribution is -2.07. The summed E-state index contributed by atoms with van der Waals surface area (Å²) in [7, 11) is 0. The third-order valence-electron chi connectivity index (χ3n) is 4.93. The Morgan fingerprint density at radius 3 is 2.48 bits per heavy atom. The summed E-state index contributed by atoms with van der Waals surface area (Å²) in [5, 5.41) is 9.70. The van der Waals surface area contributed by atoms with Crippen LogP contribution in [0.15, 0.2) is 65.1 Å². The molecule has 0 unspecified atom stereocenters. The van der Waals surface area contributed by atoms with Crippen molar-refractivity contribution in [3.05, 3.63) is 88.9 Å². The number of fused-ring (bicyclic) bond motifs is 1. The number of hydrogen-bond acceptors (Lipinski definition) is 5. The molecule has 0 saturated carbocycles. The molecule has 0 aliphatic heterocycles. The van der Waals surface area contributed by atoms with E-state index in [0.717, 1.165) is 34.2 Å². The summed E-state index contributed by atoms with van der Waals surface area (Å²) in [4.78, 5) is 9.17. The molecule has 0 saturated heterocycles. The van der Waals surface area contributed by atoms with Crippen LogP contribution in [0.4, 0.5) is 0 Å². The van der Waals surface area contributed by atoms with Gasteiger partial charge in [0.15, 0.2) is 11.5 Å². The summed E-state index contributed by atoms with van der Waals surface area (Å²) >= 11 is 0. The van der Waals surface area contributed by atoms with Crippen LogP contribution in [0.5, 0.6) is 5.88 Å². The molecule has 0 radical (unpaired) electrons. The standard InChI is InChI=1S/C24H24N2O3/c1-2-18-14-19(12-13-23-25-20-10-6-7-11-22(20)29-23)24(26-21(18)15-27)28-16-17-8-4-3-5-9-17/h3-11,14,27H,2,12-13,15-16H2,1H3. The molecule has 0 atom stereocenters. The highest BCUT2D eigenvalue weighted by atomic mass is 16.5. The first-order chi connectivity index (χ1) is 14.3. The van der Waals surface area contributed by atoms with Crippen LogP contribution in [0, 0.1) is 0 Å². The third kappa shape index (κ3) is 4.46. The Kier molecular flexibility index (Phi) is 5.86. The van der Waals surface area contributed by atoms with Crippen molar-refractivity contribution in [3.8, 4) is 5.88 Å². The van der Waals surface area contributed by atoms with Gasteiger partial charge in [0.2, 0.25) is 5.88 Å².